The van der Waals surface area contributed by atoms with Crippen molar-refractivity contribution < 1.29 is 19.1 Å². The number of hydrogen-bond acceptors (Lipinski definition) is 5. The molecular weight excluding hydrogens is 318 g/mol. The second-order valence-corrected chi connectivity index (χ2v) is 7.19. The summed E-state index contributed by atoms with van der Waals surface area (Å²) in [6.45, 7) is 5.39. The maximum Gasteiger partial charge on any atom is 0.323 e. The normalized spacial score (nSPS) is 27.8. The molecule has 0 aliphatic carbocycles. The van der Waals surface area contributed by atoms with E-state index in [-0.39, 0.29) is 17.8 Å². The molecule has 1 aliphatic rings. The Morgan fingerprint density at radius 1 is 1.28 bits per heavy atom. The minimum absolute atomic E-state index is 0.0817. The minimum atomic E-state index is -0.612. The molecule has 1 saturated heterocycles. The lowest BCUT2D eigenvalue weighted by Crippen LogP contribution is -2.42. The summed E-state index contributed by atoms with van der Waals surface area (Å²) in [6, 6.07) is 9.50. The van der Waals surface area contributed by atoms with E-state index in [9.17, 15) is 9.59 Å². The van der Waals surface area contributed by atoms with Crippen molar-refractivity contribution in [3.8, 4) is 0 Å². The molecular formula is C20H29NO4. The lowest BCUT2D eigenvalue weighted by molar-refractivity contribution is -0.173. The van der Waals surface area contributed by atoms with Gasteiger partial charge in [-0.1, -0.05) is 50.6 Å². The van der Waals surface area contributed by atoms with Gasteiger partial charge in [0.1, 0.15) is 18.2 Å². The van der Waals surface area contributed by atoms with Crippen molar-refractivity contribution in [3.05, 3.63) is 35.9 Å². The molecule has 0 bridgehead atoms. The van der Waals surface area contributed by atoms with Crippen molar-refractivity contribution >= 4 is 11.9 Å². The molecule has 0 spiro atoms. The topological polar surface area (TPSA) is 78.6 Å². The molecule has 1 aromatic carbocycles. The molecule has 5 heteroatoms. The lowest BCUT2D eigenvalue weighted by Gasteiger charge is -2.31. The van der Waals surface area contributed by atoms with Crippen LogP contribution in [0.25, 0.3) is 0 Å². The van der Waals surface area contributed by atoms with Gasteiger partial charge >= 0.3 is 11.9 Å². The quantitative estimate of drug-likeness (QED) is 0.847. The fraction of sp³-hybridized carbons (Fsp3) is 0.600. The summed E-state index contributed by atoms with van der Waals surface area (Å²) in [5, 5.41) is 0. The average Bonchev–Trinajstić information content (AvgIpc) is 2.62. The van der Waals surface area contributed by atoms with E-state index in [1.54, 1.807) is 20.8 Å². The van der Waals surface area contributed by atoms with Gasteiger partial charge in [0.05, 0.1) is 5.92 Å². The van der Waals surface area contributed by atoms with E-state index in [1.165, 1.54) is 5.56 Å². The number of benzene rings is 1. The summed E-state index contributed by atoms with van der Waals surface area (Å²) >= 11 is 0. The zero-order chi connectivity index (χ0) is 18.4. The predicted octanol–water partition coefficient (Wildman–Crippen LogP) is 2.86. The molecule has 1 heterocycles. The van der Waals surface area contributed by atoms with E-state index in [1.807, 2.05) is 18.2 Å². The molecule has 0 amide bonds. The highest BCUT2D eigenvalue weighted by Gasteiger charge is 2.35. The number of hydrogen-bond donors (Lipinski definition) is 1. The first-order valence-corrected chi connectivity index (χ1v) is 9.09. The lowest BCUT2D eigenvalue weighted by atomic mass is 9.87. The van der Waals surface area contributed by atoms with Gasteiger partial charge in [-0.15, -0.1) is 0 Å². The number of carbonyl (C=O) groups is 2. The molecule has 25 heavy (non-hydrogen) atoms. The first kappa shape index (κ1) is 19.4. The van der Waals surface area contributed by atoms with Gasteiger partial charge in [-0.3, -0.25) is 9.59 Å². The maximum absolute atomic E-state index is 12.2. The van der Waals surface area contributed by atoms with Gasteiger partial charge in [-0.25, -0.2) is 0 Å². The van der Waals surface area contributed by atoms with Gasteiger partial charge < -0.3 is 15.2 Å². The largest absolute Gasteiger partial charge is 0.458 e. The van der Waals surface area contributed by atoms with E-state index >= 15 is 0 Å². The highest BCUT2D eigenvalue weighted by Crippen LogP contribution is 2.27. The molecule has 0 aromatic heterocycles. The molecule has 0 saturated carbocycles. The van der Waals surface area contributed by atoms with E-state index in [0.717, 1.165) is 19.3 Å². The second kappa shape index (κ2) is 8.99. The van der Waals surface area contributed by atoms with Crippen LogP contribution in [-0.4, -0.2) is 30.2 Å². The molecule has 2 N–H and O–H groups in total. The fourth-order valence-corrected chi connectivity index (χ4v) is 3.20. The van der Waals surface area contributed by atoms with Crippen LogP contribution in [-0.2, 0) is 25.5 Å². The Morgan fingerprint density at radius 2 is 1.96 bits per heavy atom. The molecule has 1 aromatic rings. The van der Waals surface area contributed by atoms with Crippen LogP contribution < -0.4 is 5.73 Å². The van der Waals surface area contributed by atoms with Gasteiger partial charge in [-0.05, 0) is 31.7 Å². The maximum atomic E-state index is 12.2. The van der Waals surface area contributed by atoms with Crippen molar-refractivity contribution in [1.29, 1.82) is 0 Å². The van der Waals surface area contributed by atoms with Gasteiger partial charge in [-0.2, -0.15) is 0 Å². The molecule has 4 unspecified atom stereocenters. The van der Waals surface area contributed by atoms with Gasteiger partial charge in [0, 0.05) is 5.92 Å². The molecule has 1 aliphatic heterocycles. The Hall–Kier alpha value is -1.88. The summed E-state index contributed by atoms with van der Waals surface area (Å²) < 4.78 is 11.3. The van der Waals surface area contributed by atoms with Gasteiger partial charge in [0.15, 0.2) is 0 Å². The van der Waals surface area contributed by atoms with E-state index in [4.69, 9.17) is 15.2 Å². The molecule has 4 atom stereocenters. The monoisotopic (exact) mass is 347 g/mol. The van der Waals surface area contributed by atoms with E-state index in [0.29, 0.717) is 6.42 Å². The molecule has 2 rings (SSSR count). The van der Waals surface area contributed by atoms with Crippen molar-refractivity contribution in [2.45, 2.75) is 64.7 Å². The summed E-state index contributed by atoms with van der Waals surface area (Å²) in [5.74, 6) is -0.832. The Kier molecular flexibility index (Phi) is 7.00. The number of carbonyl (C=O) groups excluding carboxylic acids is 2. The SMILES string of the molecule is CC(C)C(=O)OC1C(Cc2ccccc2)CCCC(N)C(=O)OC1C. The predicted molar refractivity (Wildman–Crippen MR) is 95.7 cm³/mol. The standard InChI is InChI=1S/C20H29NO4/c1-13(2)19(22)25-18-14(3)24-20(23)17(21)11-7-10-16(18)12-15-8-5-4-6-9-15/h4-6,8-9,13-14,16-18H,7,10-12,21H2,1-3H3. The van der Waals surface area contributed by atoms with Crippen molar-refractivity contribution in [1.82, 2.24) is 0 Å². The second-order valence-electron chi connectivity index (χ2n) is 7.19. The van der Waals surface area contributed by atoms with Crippen LogP contribution in [0, 0.1) is 11.8 Å². The van der Waals surface area contributed by atoms with Crippen LogP contribution in [0.4, 0.5) is 0 Å². The Morgan fingerprint density at radius 3 is 2.60 bits per heavy atom. The zero-order valence-electron chi connectivity index (χ0n) is 15.3. The summed E-state index contributed by atoms with van der Waals surface area (Å²) in [7, 11) is 0. The third-order valence-corrected chi connectivity index (χ3v) is 4.69. The van der Waals surface area contributed by atoms with Crippen molar-refractivity contribution in [3.63, 3.8) is 0 Å². The van der Waals surface area contributed by atoms with E-state index < -0.39 is 24.2 Å². The average molecular weight is 347 g/mol. The first-order chi connectivity index (χ1) is 11.9. The fourth-order valence-electron chi connectivity index (χ4n) is 3.20. The summed E-state index contributed by atoms with van der Waals surface area (Å²) in [4.78, 5) is 24.3. The summed E-state index contributed by atoms with van der Waals surface area (Å²) in [6.07, 6.45) is 2.00. The highest BCUT2D eigenvalue weighted by molar-refractivity contribution is 5.75. The van der Waals surface area contributed by atoms with Crippen LogP contribution in [0.2, 0.25) is 0 Å². The minimum Gasteiger partial charge on any atom is -0.458 e. The van der Waals surface area contributed by atoms with Gasteiger partial charge in [0.25, 0.3) is 0 Å². The van der Waals surface area contributed by atoms with Crippen LogP contribution in [0.1, 0.15) is 45.6 Å². The van der Waals surface area contributed by atoms with Crippen LogP contribution >= 0.6 is 0 Å². The van der Waals surface area contributed by atoms with Gasteiger partial charge in [0.2, 0.25) is 0 Å². The smallest absolute Gasteiger partial charge is 0.323 e. The van der Waals surface area contributed by atoms with Crippen LogP contribution in [0.3, 0.4) is 0 Å². The van der Waals surface area contributed by atoms with Crippen molar-refractivity contribution in [2.24, 2.45) is 17.6 Å². The first-order valence-electron chi connectivity index (χ1n) is 9.09. The Balaban J connectivity index is 2.24. The summed E-state index contributed by atoms with van der Waals surface area (Å²) in [5.41, 5.74) is 7.07. The number of rotatable bonds is 4. The third-order valence-electron chi connectivity index (χ3n) is 4.69. The highest BCUT2D eigenvalue weighted by atomic mass is 16.6. The number of esters is 2. The van der Waals surface area contributed by atoms with Crippen LogP contribution in [0.15, 0.2) is 30.3 Å². The van der Waals surface area contributed by atoms with Crippen molar-refractivity contribution in [2.75, 3.05) is 0 Å². The Bertz CT molecular complexity index is 572. The number of nitrogens with two attached hydrogens (primary N) is 1. The molecule has 5 nitrogen and oxygen atoms in total. The Labute approximate surface area is 149 Å². The molecule has 138 valence electrons. The molecule has 0 radical (unpaired) electrons. The number of cyclic esters (lactones) is 1. The zero-order valence-corrected chi connectivity index (χ0v) is 15.3. The van der Waals surface area contributed by atoms with E-state index in [2.05, 4.69) is 12.1 Å². The van der Waals surface area contributed by atoms with Crippen LogP contribution in [0.5, 0.6) is 0 Å². The number of ether oxygens (including phenoxy) is 2. The third kappa shape index (κ3) is 5.56. The molecule has 1 fully saturated rings.